The molecule has 2 aliphatic rings. The smallest absolute Gasteiger partial charge is 0.234 e. The molecule has 0 aliphatic heterocycles. The van der Waals surface area contributed by atoms with E-state index in [4.69, 9.17) is 23.2 Å². The number of H-pyrrole nitrogens is 1. The summed E-state index contributed by atoms with van der Waals surface area (Å²) in [5.41, 5.74) is 0.375. The Labute approximate surface area is 135 Å². The Bertz CT molecular complexity index is 537. The minimum absolute atomic E-state index is 0.164. The molecule has 0 spiro atoms. The average molecular weight is 330 g/mol. The molecule has 0 aromatic carbocycles. The number of nitrogens with one attached hydrogen (secondary N) is 2. The number of anilines is 1. The summed E-state index contributed by atoms with van der Waals surface area (Å²) in [7, 11) is 0. The number of halogens is 2. The van der Waals surface area contributed by atoms with Crippen LogP contribution in [-0.4, -0.2) is 20.4 Å². The van der Waals surface area contributed by atoms with E-state index in [1.54, 1.807) is 6.92 Å². The first-order chi connectivity index (χ1) is 9.91. The number of hydrogen-bond acceptors (Lipinski definition) is 2. The van der Waals surface area contributed by atoms with Crippen molar-refractivity contribution in [3.8, 4) is 0 Å². The van der Waals surface area contributed by atoms with E-state index >= 15 is 0 Å². The summed E-state index contributed by atoms with van der Waals surface area (Å²) < 4.78 is -0.946. The second-order valence-electron chi connectivity index (χ2n) is 6.65. The maximum Gasteiger partial charge on any atom is 0.234 e. The van der Waals surface area contributed by atoms with Crippen LogP contribution in [0.5, 0.6) is 0 Å². The second-order valence-corrected chi connectivity index (χ2v) is 8.14. The Kier molecular flexibility index (Phi) is 3.95. The number of amides is 1. The van der Waals surface area contributed by atoms with Gasteiger partial charge in [0.2, 0.25) is 5.91 Å². The first-order valence-electron chi connectivity index (χ1n) is 7.64. The van der Waals surface area contributed by atoms with Crippen molar-refractivity contribution in [1.82, 2.24) is 10.2 Å². The summed E-state index contributed by atoms with van der Waals surface area (Å²) in [6.07, 6.45) is 8.09. The molecule has 2 fully saturated rings. The van der Waals surface area contributed by atoms with Crippen molar-refractivity contribution < 1.29 is 4.79 Å². The normalized spacial score (nSPS) is 28.3. The van der Waals surface area contributed by atoms with Gasteiger partial charge in [-0.15, -0.1) is 23.2 Å². The lowest BCUT2D eigenvalue weighted by Crippen LogP contribution is -2.26. The molecular weight excluding hydrogens is 309 g/mol. The topological polar surface area (TPSA) is 57.8 Å². The Morgan fingerprint density at radius 2 is 2.10 bits per heavy atom. The molecule has 21 heavy (non-hydrogen) atoms. The van der Waals surface area contributed by atoms with E-state index in [1.807, 2.05) is 6.07 Å². The second kappa shape index (κ2) is 5.47. The van der Waals surface area contributed by atoms with E-state index < -0.39 is 9.75 Å². The fourth-order valence-electron chi connectivity index (χ4n) is 3.13. The fraction of sp³-hybridized carbons (Fsp3) is 0.733. The summed E-state index contributed by atoms with van der Waals surface area (Å²) in [5.74, 6) is 1.13. The van der Waals surface area contributed by atoms with Crippen molar-refractivity contribution in [3.05, 3.63) is 11.8 Å². The number of hydrogen-bond donors (Lipinski definition) is 2. The lowest BCUT2D eigenvalue weighted by Gasteiger charge is -2.20. The van der Waals surface area contributed by atoms with Gasteiger partial charge in [0.25, 0.3) is 0 Å². The number of nitrogens with zero attached hydrogens (tertiary/aromatic N) is 1. The summed E-state index contributed by atoms with van der Waals surface area (Å²) in [6, 6.07) is 1.92. The molecule has 0 saturated heterocycles. The highest BCUT2D eigenvalue weighted by Crippen LogP contribution is 2.64. The summed E-state index contributed by atoms with van der Waals surface area (Å²) in [6.45, 7) is 1.78. The predicted molar refractivity (Wildman–Crippen MR) is 84.7 cm³/mol. The third-order valence-electron chi connectivity index (χ3n) is 4.86. The van der Waals surface area contributed by atoms with Gasteiger partial charge >= 0.3 is 0 Å². The van der Waals surface area contributed by atoms with Gasteiger partial charge in [0.1, 0.15) is 4.33 Å². The van der Waals surface area contributed by atoms with Gasteiger partial charge in [-0.25, -0.2) is 0 Å². The van der Waals surface area contributed by atoms with E-state index in [2.05, 4.69) is 15.5 Å². The highest BCUT2D eigenvalue weighted by Gasteiger charge is 2.68. The van der Waals surface area contributed by atoms with Crippen LogP contribution in [0.1, 0.15) is 51.1 Å². The fourth-order valence-corrected chi connectivity index (χ4v) is 3.84. The van der Waals surface area contributed by atoms with Gasteiger partial charge in [0, 0.05) is 11.8 Å². The largest absolute Gasteiger partial charge is 0.309 e. The van der Waals surface area contributed by atoms with E-state index in [-0.39, 0.29) is 5.91 Å². The SMILES string of the molecule is CC1(C(=O)Nc2cc(CC3CCCCC3)[nH]n2)CC1(Cl)Cl. The van der Waals surface area contributed by atoms with Gasteiger partial charge in [-0.1, -0.05) is 32.1 Å². The Morgan fingerprint density at radius 3 is 2.71 bits per heavy atom. The maximum absolute atomic E-state index is 12.2. The third-order valence-corrected chi connectivity index (χ3v) is 5.97. The third kappa shape index (κ3) is 3.07. The number of aromatic amines is 1. The Morgan fingerprint density at radius 1 is 1.43 bits per heavy atom. The molecule has 1 amide bonds. The monoisotopic (exact) mass is 329 g/mol. The predicted octanol–water partition coefficient (Wildman–Crippen LogP) is 4.05. The molecule has 116 valence electrons. The zero-order valence-corrected chi connectivity index (χ0v) is 13.7. The summed E-state index contributed by atoms with van der Waals surface area (Å²) in [4.78, 5) is 12.2. The van der Waals surface area contributed by atoms with Crippen molar-refractivity contribution in [3.63, 3.8) is 0 Å². The molecule has 0 radical (unpaired) electrons. The molecule has 2 N–H and O–H groups in total. The van der Waals surface area contributed by atoms with Gasteiger partial charge in [-0.3, -0.25) is 9.89 Å². The highest BCUT2D eigenvalue weighted by molar-refractivity contribution is 6.53. The van der Waals surface area contributed by atoms with Crippen LogP contribution in [-0.2, 0) is 11.2 Å². The molecule has 3 rings (SSSR count). The first-order valence-corrected chi connectivity index (χ1v) is 8.40. The number of aromatic nitrogens is 2. The maximum atomic E-state index is 12.2. The van der Waals surface area contributed by atoms with Crippen molar-refractivity contribution in [2.24, 2.45) is 11.3 Å². The molecule has 1 heterocycles. The van der Waals surface area contributed by atoms with E-state index in [0.29, 0.717) is 12.2 Å². The van der Waals surface area contributed by atoms with Crippen LogP contribution in [0.15, 0.2) is 6.07 Å². The lowest BCUT2D eigenvalue weighted by molar-refractivity contribution is -0.120. The number of alkyl halides is 2. The van der Waals surface area contributed by atoms with Crippen molar-refractivity contribution >= 4 is 34.9 Å². The van der Waals surface area contributed by atoms with E-state index in [9.17, 15) is 4.79 Å². The zero-order valence-electron chi connectivity index (χ0n) is 12.2. The molecule has 1 unspecified atom stereocenters. The average Bonchev–Trinajstić information content (AvgIpc) is 2.77. The van der Waals surface area contributed by atoms with Crippen LogP contribution in [0.3, 0.4) is 0 Å². The zero-order chi connectivity index (χ0) is 15.1. The van der Waals surface area contributed by atoms with Gasteiger partial charge in [-0.2, -0.15) is 5.10 Å². The number of rotatable bonds is 4. The molecule has 6 heteroatoms. The highest BCUT2D eigenvalue weighted by atomic mass is 35.5. The van der Waals surface area contributed by atoms with E-state index in [1.165, 1.54) is 32.1 Å². The minimum Gasteiger partial charge on any atom is -0.309 e. The van der Waals surface area contributed by atoms with Gasteiger partial charge in [0.15, 0.2) is 5.82 Å². The van der Waals surface area contributed by atoms with Crippen LogP contribution >= 0.6 is 23.2 Å². The molecule has 0 bridgehead atoms. The van der Waals surface area contributed by atoms with Gasteiger partial charge < -0.3 is 5.32 Å². The van der Waals surface area contributed by atoms with Crippen molar-refractivity contribution in [1.29, 1.82) is 0 Å². The molecule has 1 aromatic heterocycles. The standard InChI is InChI=1S/C15H21Cl2N3O/c1-14(9-15(14,16)17)13(21)18-12-8-11(19-20-12)7-10-5-3-2-4-6-10/h8,10H,2-7,9H2,1H3,(H2,18,19,20,21). The summed E-state index contributed by atoms with van der Waals surface area (Å²) in [5, 5.41) is 10.00. The van der Waals surface area contributed by atoms with E-state index in [0.717, 1.165) is 18.0 Å². The quantitative estimate of drug-likeness (QED) is 0.818. The molecular formula is C15H21Cl2N3O. The molecule has 1 atom stereocenters. The van der Waals surface area contributed by atoms with Crippen LogP contribution in [0.25, 0.3) is 0 Å². The van der Waals surface area contributed by atoms with Crippen LogP contribution < -0.4 is 5.32 Å². The summed E-state index contributed by atoms with van der Waals surface area (Å²) >= 11 is 12.0. The number of carbonyl (C=O) groups is 1. The molecule has 2 aliphatic carbocycles. The molecule has 1 aromatic rings. The Hall–Kier alpha value is -0.740. The van der Waals surface area contributed by atoms with Crippen LogP contribution in [0.2, 0.25) is 0 Å². The van der Waals surface area contributed by atoms with Crippen LogP contribution in [0.4, 0.5) is 5.82 Å². The van der Waals surface area contributed by atoms with Gasteiger partial charge in [-0.05, 0) is 25.7 Å². The Balaban J connectivity index is 1.57. The van der Waals surface area contributed by atoms with Crippen molar-refractivity contribution in [2.75, 3.05) is 5.32 Å². The molecule has 4 nitrogen and oxygen atoms in total. The minimum atomic E-state index is -0.946. The number of carbonyl (C=O) groups excluding carboxylic acids is 1. The van der Waals surface area contributed by atoms with Gasteiger partial charge in [0.05, 0.1) is 5.41 Å². The van der Waals surface area contributed by atoms with Crippen LogP contribution in [0, 0.1) is 11.3 Å². The molecule has 2 saturated carbocycles. The first kappa shape index (κ1) is 15.2. The van der Waals surface area contributed by atoms with Crippen molar-refractivity contribution in [2.45, 2.75) is 56.2 Å². The lowest BCUT2D eigenvalue weighted by atomic mass is 9.86.